The van der Waals surface area contributed by atoms with E-state index in [2.05, 4.69) is 0 Å². The lowest BCUT2D eigenvalue weighted by Crippen LogP contribution is -2.15. The van der Waals surface area contributed by atoms with Gasteiger partial charge in [-0.25, -0.2) is 13.6 Å². The van der Waals surface area contributed by atoms with Crippen molar-refractivity contribution >= 4 is 11.8 Å². The zero-order valence-corrected chi connectivity index (χ0v) is 13.0. The van der Waals surface area contributed by atoms with Crippen molar-refractivity contribution in [1.82, 2.24) is 0 Å². The number of hydrogen-bond donors (Lipinski definition) is 0. The van der Waals surface area contributed by atoms with Gasteiger partial charge in [0.25, 0.3) is 0 Å². The fraction of sp³-hybridized carbons (Fsp3) is 0.176. The molecule has 126 valence electrons. The molecule has 0 saturated heterocycles. The number of methoxy groups -OCH3 is 2. The van der Waals surface area contributed by atoms with E-state index in [0.717, 1.165) is 12.1 Å². The molecule has 0 fully saturated rings. The maximum Gasteiger partial charge on any atom is 0.341 e. The molecule has 2 aromatic rings. The number of benzene rings is 2. The number of rotatable bonds is 6. The van der Waals surface area contributed by atoms with Crippen molar-refractivity contribution in [2.75, 3.05) is 20.8 Å². The Kier molecular flexibility index (Phi) is 5.47. The predicted octanol–water partition coefficient (Wildman–Crippen LogP) is 3.02. The summed E-state index contributed by atoms with van der Waals surface area (Å²) in [6.07, 6.45) is 0. The number of esters is 1. The van der Waals surface area contributed by atoms with Gasteiger partial charge >= 0.3 is 5.97 Å². The molecule has 0 spiro atoms. The van der Waals surface area contributed by atoms with E-state index in [1.54, 1.807) is 0 Å². The Bertz CT molecular complexity index is 774. The van der Waals surface area contributed by atoms with Crippen LogP contribution in [0.4, 0.5) is 8.78 Å². The van der Waals surface area contributed by atoms with Crippen molar-refractivity contribution in [2.45, 2.75) is 0 Å². The lowest BCUT2D eigenvalue weighted by atomic mass is 10.1. The number of Topliss-reactive ketones (excluding diaryl/α,β-unsaturated/α-hetero) is 1. The highest BCUT2D eigenvalue weighted by atomic mass is 19.1. The molecule has 0 aliphatic carbocycles. The van der Waals surface area contributed by atoms with Gasteiger partial charge < -0.3 is 14.2 Å². The molecule has 7 heteroatoms. The van der Waals surface area contributed by atoms with Crippen molar-refractivity contribution in [1.29, 1.82) is 0 Å². The largest absolute Gasteiger partial charge is 0.497 e. The van der Waals surface area contributed by atoms with Gasteiger partial charge in [0, 0.05) is 11.6 Å². The Morgan fingerprint density at radius 1 is 0.958 bits per heavy atom. The lowest BCUT2D eigenvalue weighted by molar-refractivity contribution is 0.0470. The van der Waals surface area contributed by atoms with Crippen LogP contribution in [0, 0.1) is 11.6 Å². The van der Waals surface area contributed by atoms with Gasteiger partial charge in [-0.1, -0.05) is 0 Å². The Hall–Kier alpha value is -2.96. The molecule has 0 heterocycles. The van der Waals surface area contributed by atoms with Crippen LogP contribution in [-0.4, -0.2) is 32.6 Å². The molecule has 2 aromatic carbocycles. The minimum Gasteiger partial charge on any atom is -0.497 e. The number of carbonyl (C=O) groups is 2. The van der Waals surface area contributed by atoms with Crippen LogP contribution in [0.15, 0.2) is 36.4 Å². The zero-order valence-electron chi connectivity index (χ0n) is 13.0. The van der Waals surface area contributed by atoms with Gasteiger partial charge in [-0.3, -0.25) is 4.79 Å². The molecule has 0 unspecified atom stereocenters. The van der Waals surface area contributed by atoms with E-state index in [0.29, 0.717) is 0 Å². The van der Waals surface area contributed by atoms with E-state index in [9.17, 15) is 18.4 Å². The maximum absolute atomic E-state index is 13.7. The number of hydrogen-bond acceptors (Lipinski definition) is 5. The Morgan fingerprint density at radius 2 is 1.71 bits per heavy atom. The maximum atomic E-state index is 13.7. The molecular weight excluding hydrogens is 322 g/mol. The van der Waals surface area contributed by atoms with Crippen LogP contribution < -0.4 is 9.47 Å². The second-order valence-electron chi connectivity index (χ2n) is 4.69. The summed E-state index contributed by atoms with van der Waals surface area (Å²) in [5, 5.41) is 0. The molecule has 24 heavy (non-hydrogen) atoms. The first-order valence-corrected chi connectivity index (χ1v) is 6.83. The monoisotopic (exact) mass is 336 g/mol. The summed E-state index contributed by atoms with van der Waals surface area (Å²) >= 11 is 0. The molecule has 5 nitrogen and oxygen atoms in total. The second kappa shape index (κ2) is 7.54. The standard InChI is InChI=1S/C17H14F2O5/c1-22-11-4-5-12(13(18)8-11)17(21)24-9-15(20)10-3-6-16(23-2)14(19)7-10/h3-8H,9H2,1-2H3. The number of carbonyl (C=O) groups excluding carboxylic acids is 2. The third kappa shape index (κ3) is 3.87. The van der Waals surface area contributed by atoms with Crippen molar-refractivity contribution < 1.29 is 32.6 Å². The minimum absolute atomic E-state index is 0.0103. The molecule has 0 aliphatic rings. The first-order valence-electron chi connectivity index (χ1n) is 6.83. The van der Waals surface area contributed by atoms with Crippen LogP contribution >= 0.6 is 0 Å². The highest BCUT2D eigenvalue weighted by Gasteiger charge is 2.17. The van der Waals surface area contributed by atoms with E-state index in [1.165, 1.54) is 38.5 Å². The van der Waals surface area contributed by atoms with E-state index >= 15 is 0 Å². The minimum atomic E-state index is -1.00. The highest BCUT2D eigenvalue weighted by Crippen LogP contribution is 2.19. The topological polar surface area (TPSA) is 61.8 Å². The Labute approximate surface area is 136 Å². The molecule has 0 aromatic heterocycles. The molecule has 0 N–H and O–H groups in total. The molecule has 0 atom stereocenters. The molecule has 0 amide bonds. The van der Waals surface area contributed by atoms with Gasteiger partial charge in [0.15, 0.2) is 24.0 Å². The quantitative estimate of drug-likeness (QED) is 0.599. The SMILES string of the molecule is COc1ccc(C(=O)OCC(=O)c2ccc(OC)c(F)c2)c(F)c1. The van der Waals surface area contributed by atoms with Crippen LogP contribution in [0.1, 0.15) is 20.7 Å². The summed E-state index contributed by atoms with van der Waals surface area (Å²) in [4.78, 5) is 23.7. The summed E-state index contributed by atoms with van der Waals surface area (Å²) in [5.41, 5.74) is -0.319. The van der Waals surface area contributed by atoms with Gasteiger partial charge in [-0.15, -0.1) is 0 Å². The van der Waals surface area contributed by atoms with Gasteiger partial charge in [0.1, 0.15) is 11.6 Å². The van der Waals surface area contributed by atoms with Crippen LogP contribution in [0.3, 0.4) is 0 Å². The zero-order chi connectivity index (χ0) is 17.7. The molecule has 0 saturated carbocycles. The molecular formula is C17H14F2O5. The van der Waals surface area contributed by atoms with E-state index in [1.807, 2.05) is 0 Å². The van der Waals surface area contributed by atoms with Crippen molar-refractivity contribution in [3.63, 3.8) is 0 Å². The van der Waals surface area contributed by atoms with Crippen LogP contribution in [-0.2, 0) is 4.74 Å². The normalized spacial score (nSPS) is 10.2. The van der Waals surface area contributed by atoms with Gasteiger partial charge in [0.2, 0.25) is 0 Å². The average Bonchev–Trinajstić information content (AvgIpc) is 2.59. The second-order valence-corrected chi connectivity index (χ2v) is 4.69. The van der Waals surface area contributed by atoms with Crippen molar-refractivity contribution in [3.8, 4) is 11.5 Å². The van der Waals surface area contributed by atoms with E-state index in [-0.39, 0.29) is 22.6 Å². The van der Waals surface area contributed by atoms with Gasteiger partial charge in [-0.2, -0.15) is 0 Å². The molecule has 0 radical (unpaired) electrons. The fourth-order valence-electron chi connectivity index (χ4n) is 1.92. The summed E-state index contributed by atoms with van der Waals surface area (Å²) in [5.74, 6) is -2.94. The molecule has 0 aliphatic heterocycles. The summed E-state index contributed by atoms with van der Waals surface area (Å²) in [6, 6.07) is 7.20. The third-order valence-electron chi connectivity index (χ3n) is 3.20. The summed E-state index contributed by atoms with van der Waals surface area (Å²) in [7, 11) is 2.66. The smallest absolute Gasteiger partial charge is 0.341 e. The van der Waals surface area contributed by atoms with Gasteiger partial charge in [-0.05, 0) is 30.3 Å². The summed E-state index contributed by atoms with van der Waals surface area (Å²) < 4.78 is 41.6. The molecule has 2 rings (SSSR count). The average molecular weight is 336 g/mol. The first kappa shape index (κ1) is 17.4. The van der Waals surface area contributed by atoms with E-state index < -0.39 is 30.0 Å². The van der Waals surface area contributed by atoms with Crippen LogP contribution in [0.2, 0.25) is 0 Å². The first-order chi connectivity index (χ1) is 11.5. The number of halogens is 2. The number of ether oxygens (including phenoxy) is 3. The van der Waals surface area contributed by atoms with Crippen LogP contribution in [0.25, 0.3) is 0 Å². The van der Waals surface area contributed by atoms with Crippen molar-refractivity contribution in [3.05, 3.63) is 59.2 Å². The Balaban J connectivity index is 2.03. The molecule has 0 bridgehead atoms. The third-order valence-corrected chi connectivity index (χ3v) is 3.20. The van der Waals surface area contributed by atoms with E-state index in [4.69, 9.17) is 14.2 Å². The summed E-state index contributed by atoms with van der Waals surface area (Å²) in [6.45, 7) is -0.643. The highest BCUT2D eigenvalue weighted by molar-refractivity contribution is 5.99. The Morgan fingerprint density at radius 3 is 2.29 bits per heavy atom. The van der Waals surface area contributed by atoms with Gasteiger partial charge in [0.05, 0.1) is 19.8 Å². The predicted molar refractivity (Wildman–Crippen MR) is 80.5 cm³/mol. The number of ketones is 1. The van der Waals surface area contributed by atoms with Crippen molar-refractivity contribution in [2.24, 2.45) is 0 Å². The van der Waals surface area contributed by atoms with Crippen LogP contribution in [0.5, 0.6) is 11.5 Å². The lowest BCUT2D eigenvalue weighted by Gasteiger charge is -2.07. The fourth-order valence-corrected chi connectivity index (χ4v) is 1.92.